The quantitative estimate of drug-likeness (QED) is 0.867. The molecule has 0 unspecified atom stereocenters. The number of benzene rings is 2. The smallest absolute Gasteiger partial charge is 0.227 e. The molecule has 0 radical (unpaired) electrons. The number of carbonyl (C=O) groups is 1. The summed E-state index contributed by atoms with van der Waals surface area (Å²) >= 11 is 0. The Kier molecular flexibility index (Phi) is 2.76. The first kappa shape index (κ1) is 11.2. The predicted octanol–water partition coefficient (Wildman–Crippen LogP) is 1.59. The first-order valence-corrected chi connectivity index (χ1v) is 6.16. The van der Waals surface area contributed by atoms with E-state index in [-0.39, 0.29) is 12.0 Å². The Morgan fingerprint density at radius 3 is 2.61 bits per heavy atom. The molecule has 1 saturated heterocycles. The molecule has 0 spiro atoms. The maximum atomic E-state index is 11.9. The SMILES string of the molecule is O=C(Cc1ccc2ccccc2c1)N1CC(O)C1. The molecule has 1 heterocycles. The normalized spacial score (nSPS) is 15.7. The molecular formula is C15H15NO2. The highest BCUT2D eigenvalue weighted by Crippen LogP contribution is 2.17. The van der Waals surface area contributed by atoms with Gasteiger partial charge in [-0.05, 0) is 16.3 Å². The molecule has 0 aliphatic carbocycles. The Hall–Kier alpha value is -1.87. The second-order valence-electron chi connectivity index (χ2n) is 4.81. The predicted molar refractivity (Wildman–Crippen MR) is 70.2 cm³/mol. The second-order valence-corrected chi connectivity index (χ2v) is 4.81. The van der Waals surface area contributed by atoms with Crippen molar-refractivity contribution in [1.82, 2.24) is 4.90 Å². The van der Waals surface area contributed by atoms with E-state index >= 15 is 0 Å². The summed E-state index contributed by atoms with van der Waals surface area (Å²) < 4.78 is 0. The minimum atomic E-state index is -0.328. The van der Waals surface area contributed by atoms with Crippen LogP contribution in [0.15, 0.2) is 42.5 Å². The summed E-state index contributed by atoms with van der Waals surface area (Å²) in [7, 11) is 0. The number of rotatable bonds is 2. The number of β-amino-alcohol motifs (C(OH)–C–C–N with tert-alkyl or cyclic N) is 1. The first-order chi connectivity index (χ1) is 8.72. The maximum Gasteiger partial charge on any atom is 0.227 e. The van der Waals surface area contributed by atoms with Gasteiger partial charge in [0, 0.05) is 13.1 Å². The van der Waals surface area contributed by atoms with Crippen LogP contribution >= 0.6 is 0 Å². The maximum absolute atomic E-state index is 11.9. The molecule has 1 fully saturated rings. The minimum absolute atomic E-state index is 0.0931. The van der Waals surface area contributed by atoms with Gasteiger partial charge in [-0.3, -0.25) is 4.79 Å². The Labute approximate surface area is 106 Å². The molecule has 3 heteroatoms. The zero-order valence-electron chi connectivity index (χ0n) is 10.0. The summed E-state index contributed by atoms with van der Waals surface area (Å²) in [5, 5.41) is 11.5. The van der Waals surface area contributed by atoms with Crippen LogP contribution in [0.25, 0.3) is 10.8 Å². The van der Waals surface area contributed by atoms with Crippen LogP contribution in [-0.2, 0) is 11.2 Å². The molecule has 3 nitrogen and oxygen atoms in total. The lowest BCUT2D eigenvalue weighted by molar-refractivity contribution is -0.140. The molecule has 0 bridgehead atoms. The van der Waals surface area contributed by atoms with Crippen molar-refractivity contribution in [3.8, 4) is 0 Å². The van der Waals surface area contributed by atoms with Crippen molar-refractivity contribution in [2.45, 2.75) is 12.5 Å². The standard InChI is InChI=1S/C15H15NO2/c17-14-9-16(10-14)15(18)8-11-5-6-12-3-1-2-4-13(12)7-11/h1-7,14,17H,8-10H2. The number of amides is 1. The minimum Gasteiger partial charge on any atom is -0.389 e. The van der Waals surface area contributed by atoms with Crippen molar-refractivity contribution in [2.75, 3.05) is 13.1 Å². The number of aliphatic hydroxyl groups excluding tert-OH is 1. The molecule has 1 aliphatic heterocycles. The van der Waals surface area contributed by atoms with Gasteiger partial charge >= 0.3 is 0 Å². The summed E-state index contributed by atoms with van der Waals surface area (Å²) in [4.78, 5) is 13.6. The lowest BCUT2D eigenvalue weighted by Gasteiger charge is -2.35. The Morgan fingerprint density at radius 1 is 1.17 bits per heavy atom. The van der Waals surface area contributed by atoms with Gasteiger partial charge in [0.25, 0.3) is 0 Å². The highest BCUT2D eigenvalue weighted by atomic mass is 16.3. The third-order valence-electron chi connectivity index (χ3n) is 3.38. The van der Waals surface area contributed by atoms with Crippen LogP contribution in [-0.4, -0.2) is 35.1 Å². The molecule has 1 aliphatic rings. The fourth-order valence-corrected chi connectivity index (χ4v) is 2.29. The molecule has 1 amide bonds. The van der Waals surface area contributed by atoms with Gasteiger partial charge in [-0.15, -0.1) is 0 Å². The Morgan fingerprint density at radius 2 is 1.89 bits per heavy atom. The third-order valence-corrected chi connectivity index (χ3v) is 3.38. The number of nitrogens with zero attached hydrogens (tertiary/aromatic N) is 1. The largest absolute Gasteiger partial charge is 0.389 e. The zero-order chi connectivity index (χ0) is 12.5. The highest BCUT2D eigenvalue weighted by molar-refractivity contribution is 5.85. The molecule has 0 aromatic heterocycles. The number of fused-ring (bicyclic) bond motifs is 1. The second kappa shape index (κ2) is 4.42. The van der Waals surface area contributed by atoms with E-state index in [4.69, 9.17) is 0 Å². The third kappa shape index (κ3) is 2.09. The van der Waals surface area contributed by atoms with Crippen LogP contribution in [0.5, 0.6) is 0 Å². The first-order valence-electron chi connectivity index (χ1n) is 6.16. The molecule has 18 heavy (non-hydrogen) atoms. The summed E-state index contributed by atoms with van der Waals surface area (Å²) in [5.41, 5.74) is 1.03. The van der Waals surface area contributed by atoms with Crippen LogP contribution < -0.4 is 0 Å². The Bertz CT molecular complexity index is 588. The van der Waals surface area contributed by atoms with Gasteiger partial charge in [-0.2, -0.15) is 0 Å². The molecule has 92 valence electrons. The summed E-state index contributed by atoms with van der Waals surface area (Å²) in [6.45, 7) is 0.957. The Balaban J connectivity index is 1.76. The van der Waals surface area contributed by atoms with Crippen LogP contribution in [0.4, 0.5) is 0 Å². The van der Waals surface area contributed by atoms with Crippen molar-refractivity contribution < 1.29 is 9.90 Å². The van der Waals surface area contributed by atoms with Gasteiger partial charge in [0.05, 0.1) is 12.5 Å². The van der Waals surface area contributed by atoms with E-state index in [0.717, 1.165) is 10.9 Å². The molecule has 2 aromatic rings. The van der Waals surface area contributed by atoms with Gasteiger partial charge < -0.3 is 10.0 Å². The monoisotopic (exact) mass is 241 g/mol. The summed E-state index contributed by atoms with van der Waals surface area (Å²) in [6, 6.07) is 14.2. The summed E-state index contributed by atoms with van der Waals surface area (Å²) in [6.07, 6.45) is 0.0860. The van der Waals surface area contributed by atoms with Crippen molar-refractivity contribution in [2.24, 2.45) is 0 Å². The lowest BCUT2D eigenvalue weighted by Crippen LogP contribution is -2.53. The molecule has 0 saturated carbocycles. The average Bonchev–Trinajstić information content (AvgIpc) is 2.35. The van der Waals surface area contributed by atoms with Crippen LogP contribution in [0, 0.1) is 0 Å². The zero-order valence-corrected chi connectivity index (χ0v) is 10.0. The lowest BCUT2D eigenvalue weighted by atomic mass is 10.0. The number of aliphatic hydroxyl groups is 1. The molecule has 1 N–H and O–H groups in total. The van der Waals surface area contributed by atoms with E-state index in [2.05, 4.69) is 18.2 Å². The van der Waals surface area contributed by atoms with Crippen LogP contribution in [0.3, 0.4) is 0 Å². The van der Waals surface area contributed by atoms with Crippen LogP contribution in [0.1, 0.15) is 5.56 Å². The number of carbonyl (C=O) groups excluding carboxylic acids is 1. The van der Waals surface area contributed by atoms with E-state index in [1.165, 1.54) is 5.39 Å². The van der Waals surface area contributed by atoms with Gasteiger partial charge in [0.1, 0.15) is 0 Å². The number of likely N-dealkylation sites (tertiary alicyclic amines) is 1. The van der Waals surface area contributed by atoms with E-state index < -0.39 is 0 Å². The average molecular weight is 241 g/mol. The van der Waals surface area contributed by atoms with Crippen molar-refractivity contribution in [3.05, 3.63) is 48.0 Å². The van der Waals surface area contributed by atoms with Crippen molar-refractivity contribution in [3.63, 3.8) is 0 Å². The number of hydrogen-bond donors (Lipinski definition) is 1. The topological polar surface area (TPSA) is 40.5 Å². The molecule has 0 atom stereocenters. The van der Waals surface area contributed by atoms with E-state index in [1.54, 1.807) is 4.90 Å². The van der Waals surface area contributed by atoms with Gasteiger partial charge in [-0.1, -0.05) is 42.5 Å². The molecule has 2 aromatic carbocycles. The van der Waals surface area contributed by atoms with Crippen molar-refractivity contribution >= 4 is 16.7 Å². The summed E-state index contributed by atoms with van der Waals surface area (Å²) in [5.74, 6) is 0.0931. The highest BCUT2D eigenvalue weighted by Gasteiger charge is 2.28. The molecular weight excluding hydrogens is 226 g/mol. The molecule has 3 rings (SSSR count). The fraction of sp³-hybridized carbons (Fsp3) is 0.267. The van der Waals surface area contributed by atoms with E-state index in [1.807, 2.05) is 24.3 Å². The number of hydrogen-bond acceptors (Lipinski definition) is 2. The fourth-order valence-electron chi connectivity index (χ4n) is 2.29. The van der Waals surface area contributed by atoms with Crippen molar-refractivity contribution in [1.29, 1.82) is 0 Å². The van der Waals surface area contributed by atoms with Crippen LogP contribution in [0.2, 0.25) is 0 Å². The van der Waals surface area contributed by atoms with Gasteiger partial charge in [0.2, 0.25) is 5.91 Å². The van der Waals surface area contributed by atoms with Gasteiger partial charge in [-0.25, -0.2) is 0 Å². The van der Waals surface area contributed by atoms with Gasteiger partial charge in [0.15, 0.2) is 0 Å². The van der Waals surface area contributed by atoms with E-state index in [9.17, 15) is 9.90 Å². The van der Waals surface area contributed by atoms with E-state index in [0.29, 0.717) is 19.5 Å².